The highest BCUT2D eigenvalue weighted by atomic mass is 16.6. The van der Waals surface area contributed by atoms with Crippen molar-refractivity contribution in [2.45, 2.75) is 34.2 Å². The lowest BCUT2D eigenvalue weighted by Gasteiger charge is -2.21. The van der Waals surface area contributed by atoms with Crippen LogP contribution < -0.4 is 10.2 Å². The Morgan fingerprint density at radius 2 is 1.84 bits per heavy atom. The summed E-state index contributed by atoms with van der Waals surface area (Å²) in [5, 5.41) is 17.9. The molecule has 0 aliphatic rings. The van der Waals surface area contributed by atoms with E-state index in [1.807, 2.05) is 24.3 Å². The molecule has 134 valence electrons. The summed E-state index contributed by atoms with van der Waals surface area (Å²) in [6.07, 6.45) is 0. The molecule has 1 N–H and O–H groups in total. The van der Waals surface area contributed by atoms with Gasteiger partial charge in [0, 0.05) is 24.5 Å². The van der Waals surface area contributed by atoms with Crippen molar-refractivity contribution in [1.82, 2.24) is 9.78 Å². The van der Waals surface area contributed by atoms with Crippen LogP contribution >= 0.6 is 0 Å². The Bertz CT molecular complexity index is 763. The number of nitrogens with zero attached hydrogens (tertiary/aromatic N) is 4. The maximum atomic E-state index is 12.2. The van der Waals surface area contributed by atoms with E-state index in [1.165, 1.54) is 4.68 Å². The van der Waals surface area contributed by atoms with Crippen molar-refractivity contribution in [3.63, 3.8) is 0 Å². The van der Waals surface area contributed by atoms with Crippen molar-refractivity contribution in [2.24, 2.45) is 0 Å². The number of anilines is 2. The Kier molecular flexibility index (Phi) is 5.74. The summed E-state index contributed by atoms with van der Waals surface area (Å²) in [7, 11) is 0. The molecule has 1 aromatic heterocycles. The second kappa shape index (κ2) is 7.78. The van der Waals surface area contributed by atoms with Gasteiger partial charge in [-0.15, -0.1) is 0 Å². The first-order valence-corrected chi connectivity index (χ1v) is 8.20. The third-order valence-electron chi connectivity index (χ3n) is 4.10. The van der Waals surface area contributed by atoms with Crippen LogP contribution in [0.5, 0.6) is 0 Å². The number of rotatable bonds is 7. The number of carbonyl (C=O) groups excluding carboxylic acids is 1. The predicted octanol–water partition coefficient (Wildman–Crippen LogP) is 2.89. The van der Waals surface area contributed by atoms with E-state index >= 15 is 0 Å². The van der Waals surface area contributed by atoms with Crippen LogP contribution in [-0.2, 0) is 11.3 Å². The van der Waals surface area contributed by atoms with Gasteiger partial charge in [0.1, 0.15) is 17.9 Å². The average Bonchev–Trinajstić information content (AvgIpc) is 2.84. The number of aryl methyl sites for hydroxylation is 1. The highest BCUT2D eigenvalue weighted by Gasteiger charge is 2.22. The number of benzene rings is 1. The monoisotopic (exact) mass is 345 g/mol. The number of nitro groups is 1. The van der Waals surface area contributed by atoms with Gasteiger partial charge in [0.2, 0.25) is 5.91 Å². The second-order valence-corrected chi connectivity index (χ2v) is 5.70. The number of carbonyl (C=O) groups is 1. The second-order valence-electron chi connectivity index (χ2n) is 5.70. The van der Waals surface area contributed by atoms with Crippen LogP contribution in [0.4, 0.5) is 17.1 Å². The topological polar surface area (TPSA) is 93.3 Å². The molecule has 0 aliphatic carbocycles. The molecule has 8 heteroatoms. The predicted molar refractivity (Wildman–Crippen MR) is 97.0 cm³/mol. The van der Waals surface area contributed by atoms with Crippen LogP contribution in [0, 0.1) is 24.0 Å². The zero-order valence-corrected chi connectivity index (χ0v) is 14.9. The van der Waals surface area contributed by atoms with E-state index < -0.39 is 4.92 Å². The van der Waals surface area contributed by atoms with Crippen molar-refractivity contribution in [1.29, 1.82) is 0 Å². The van der Waals surface area contributed by atoms with Crippen molar-refractivity contribution in [3.05, 3.63) is 45.8 Å². The molecule has 0 aliphatic heterocycles. The minimum Gasteiger partial charge on any atom is -0.372 e. The summed E-state index contributed by atoms with van der Waals surface area (Å²) in [5.41, 5.74) is 2.40. The maximum Gasteiger partial charge on any atom is 0.312 e. The molecule has 0 saturated carbocycles. The van der Waals surface area contributed by atoms with E-state index in [1.54, 1.807) is 13.8 Å². The number of hydrogen-bond donors (Lipinski definition) is 1. The molecule has 0 saturated heterocycles. The Hall–Kier alpha value is -2.90. The number of aromatic nitrogens is 2. The van der Waals surface area contributed by atoms with Crippen molar-refractivity contribution in [2.75, 3.05) is 23.3 Å². The Morgan fingerprint density at radius 3 is 2.32 bits per heavy atom. The summed E-state index contributed by atoms with van der Waals surface area (Å²) in [6.45, 7) is 9.09. The van der Waals surface area contributed by atoms with Gasteiger partial charge in [-0.3, -0.25) is 19.6 Å². The minimum atomic E-state index is -0.474. The molecule has 0 atom stereocenters. The van der Waals surface area contributed by atoms with Crippen molar-refractivity contribution < 1.29 is 9.72 Å². The lowest BCUT2D eigenvalue weighted by molar-refractivity contribution is -0.386. The van der Waals surface area contributed by atoms with Gasteiger partial charge in [0.05, 0.1) is 4.92 Å². The van der Waals surface area contributed by atoms with E-state index in [0.717, 1.165) is 18.8 Å². The number of hydrogen-bond acceptors (Lipinski definition) is 5. The van der Waals surface area contributed by atoms with E-state index in [4.69, 9.17) is 0 Å². The molecular formula is C17H23N5O3. The van der Waals surface area contributed by atoms with Crippen LogP contribution in [-0.4, -0.2) is 33.7 Å². The van der Waals surface area contributed by atoms with E-state index in [0.29, 0.717) is 17.1 Å². The molecule has 25 heavy (non-hydrogen) atoms. The fourth-order valence-corrected chi connectivity index (χ4v) is 2.79. The van der Waals surface area contributed by atoms with Crippen LogP contribution in [0.2, 0.25) is 0 Å². The molecule has 0 spiro atoms. The third-order valence-corrected chi connectivity index (χ3v) is 4.10. The number of amides is 1. The van der Waals surface area contributed by atoms with Crippen LogP contribution in [0.25, 0.3) is 0 Å². The Labute approximate surface area is 146 Å². The van der Waals surface area contributed by atoms with E-state index in [2.05, 4.69) is 29.2 Å². The summed E-state index contributed by atoms with van der Waals surface area (Å²) < 4.78 is 1.35. The fraction of sp³-hybridized carbons (Fsp3) is 0.412. The lowest BCUT2D eigenvalue weighted by atomic mass is 10.2. The van der Waals surface area contributed by atoms with Crippen LogP contribution in [0.1, 0.15) is 25.2 Å². The zero-order valence-electron chi connectivity index (χ0n) is 14.9. The fourth-order valence-electron chi connectivity index (χ4n) is 2.79. The highest BCUT2D eigenvalue weighted by molar-refractivity contribution is 5.90. The normalized spacial score (nSPS) is 10.6. The number of nitrogens with one attached hydrogen (secondary N) is 1. The van der Waals surface area contributed by atoms with Crippen molar-refractivity contribution in [3.8, 4) is 0 Å². The van der Waals surface area contributed by atoms with Crippen molar-refractivity contribution >= 4 is 23.0 Å². The van der Waals surface area contributed by atoms with Crippen LogP contribution in [0.15, 0.2) is 24.3 Å². The first kappa shape index (κ1) is 18.4. The van der Waals surface area contributed by atoms with Gasteiger partial charge >= 0.3 is 5.69 Å². The molecule has 1 heterocycles. The molecule has 8 nitrogen and oxygen atoms in total. The SMILES string of the molecule is CCN(CC)c1ccc(NC(=O)Cn2nc(C)c([N+](=O)[O-])c2C)cc1. The smallest absolute Gasteiger partial charge is 0.312 e. The highest BCUT2D eigenvalue weighted by Crippen LogP contribution is 2.22. The van der Waals surface area contributed by atoms with Gasteiger partial charge in [0.25, 0.3) is 0 Å². The molecule has 2 aromatic rings. The largest absolute Gasteiger partial charge is 0.372 e. The Morgan fingerprint density at radius 1 is 1.24 bits per heavy atom. The summed E-state index contributed by atoms with van der Waals surface area (Å²) in [6, 6.07) is 7.60. The van der Waals surface area contributed by atoms with Gasteiger partial charge in [-0.05, 0) is 52.0 Å². The molecule has 0 bridgehead atoms. The molecule has 0 unspecified atom stereocenters. The molecule has 1 aromatic carbocycles. The van der Waals surface area contributed by atoms with Gasteiger partial charge in [-0.2, -0.15) is 5.10 Å². The van der Waals surface area contributed by atoms with E-state index in [9.17, 15) is 14.9 Å². The zero-order chi connectivity index (χ0) is 18.6. The quantitative estimate of drug-likeness (QED) is 0.615. The molecule has 1 amide bonds. The standard InChI is InChI=1S/C17H23N5O3/c1-5-20(6-2)15-9-7-14(8-10-15)18-16(23)11-21-13(4)17(22(24)25)12(3)19-21/h7-10H,5-6,11H2,1-4H3,(H,18,23). The first-order valence-electron chi connectivity index (χ1n) is 8.20. The average molecular weight is 345 g/mol. The summed E-state index contributed by atoms with van der Waals surface area (Å²) in [4.78, 5) is 25.0. The summed E-state index contributed by atoms with van der Waals surface area (Å²) >= 11 is 0. The van der Waals surface area contributed by atoms with Gasteiger partial charge in [-0.25, -0.2) is 0 Å². The van der Waals surface area contributed by atoms with Gasteiger partial charge in [0.15, 0.2) is 0 Å². The van der Waals surface area contributed by atoms with Gasteiger partial charge in [-0.1, -0.05) is 0 Å². The van der Waals surface area contributed by atoms with Crippen LogP contribution in [0.3, 0.4) is 0 Å². The van der Waals surface area contributed by atoms with E-state index in [-0.39, 0.29) is 18.1 Å². The summed E-state index contributed by atoms with van der Waals surface area (Å²) in [5.74, 6) is -0.281. The molecule has 0 radical (unpaired) electrons. The Balaban J connectivity index is 2.06. The third kappa shape index (κ3) is 4.14. The molecular weight excluding hydrogens is 322 g/mol. The molecule has 2 rings (SSSR count). The molecule has 0 fully saturated rings. The first-order chi connectivity index (χ1) is 11.9. The maximum absolute atomic E-state index is 12.2. The van der Waals surface area contributed by atoms with Gasteiger partial charge < -0.3 is 10.2 Å². The lowest BCUT2D eigenvalue weighted by Crippen LogP contribution is -2.22. The minimum absolute atomic E-state index is 0.0450.